The Morgan fingerprint density at radius 2 is 1.51 bits per heavy atom. The molecule has 0 aliphatic rings. The number of esters is 1. The van der Waals surface area contributed by atoms with Gasteiger partial charge in [0, 0.05) is 12.7 Å². The monoisotopic (exact) mass is 493 g/mol. The van der Waals surface area contributed by atoms with Crippen LogP contribution in [0.4, 0.5) is 5.82 Å². The molecular weight excluding hydrogens is 470 g/mol. The fourth-order valence-corrected chi connectivity index (χ4v) is 3.66. The lowest BCUT2D eigenvalue weighted by atomic mass is 10.1. The maximum atomic E-state index is 12.7. The molecule has 2 aromatic heterocycles. The van der Waals surface area contributed by atoms with Gasteiger partial charge in [-0.05, 0) is 28.8 Å². The van der Waals surface area contributed by atoms with Gasteiger partial charge in [-0.3, -0.25) is 0 Å². The molecule has 9 nitrogen and oxygen atoms in total. The van der Waals surface area contributed by atoms with Gasteiger partial charge in [-0.1, -0.05) is 72.8 Å². The number of benzene rings is 3. The van der Waals surface area contributed by atoms with Crippen molar-refractivity contribution in [1.82, 2.24) is 19.7 Å². The Morgan fingerprint density at radius 1 is 0.838 bits per heavy atom. The highest BCUT2D eigenvalue weighted by Crippen LogP contribution is 2.17. The summed E-state index contributed by atoms with van der Waals surface area (Å²) in [5.74, 6) is -0.0567. The molecule has 184 valence electrons. The van der Waals surface area contributed by atoms with Gasteiger partial charge in [-0.15, -0.1) is 4.73 Å². The number of fused-ring (bicyclic) bond motifs is 1. The number of hydrogen-bond acceptors (Lipinski definition) is 8. The molecular formula is C28H23N5O4. The summed E-state index contributed by atoms with van der Waals surface area (Å²) >= 11 is 0. The van der Waals surface area contributed by atoms with Gasteiger partial charge < -0.3 is 14.9 Å². The fraction of sp³-hybridized carbons (Fsp3) is 0.107. The Hall–Kier alpha value is -5.05. The van der Waals surface area contributed by atoms with Crippen LogP contribution >= 0.6 is 0 Å². The lowest BCUT2D eigenvalue weighted by Crippen LogP contribution is -2.30. The van der Waals surface area contributed by atoms with Crippen molar-refractivity contribution in [3.63, 3.8) is 0 Å². The van der Waals surface area contributed by atoms with Crippen molar-refractivity contribution < 1.29 is 14.4 Å². The van der Waals surface area contributed by atoms with E-state index in [-0.39, 0.29) is 13.2 Å². The Bertz CT molecular complexity index is 1560. The van der Waals surface area contributed by atoms with E-state index < -0.39 is 11.7 Å². The van der Waals surface area contributed by atoms with Crippen molar-refractivity contribution in [1.29, 1.82) is 0 Å². The van der Waals surface area contributed by atoms with Gasteiger partial charge in [0.2, 0.25) is 0 Å². The average Bonchev–Trinajstić information content (AvgIpc) is 2.95. The van der Waals surface area contributed by atoms with Crippen molar-refractivity contribution in [2.75, 3.05) is 5.32 Å². The van der Waals surface area contributed by atoms with Gasteiger partial charge in [-0.2, -0.15) is 4.98 Å². The number of carbonyl (C=O) groups excluding carboxylic acids is 1. The van der Waals surface area contributed by atoms with Gasteiger partial charge in [0.05, 0.1) is 10.9 Å². The van der Waals surface area contributed by atoms with E-state index in [2.05, 4.69) is 20.3 Å². The Labute approximate surface area is 212 Å². The van der Waals surface area contributed by atoms with Crippen LogP contribution in [0.1, 0.15) is 27.0 Å². The number of nitrogens with zero attached hydrogens (tertiary/aromatic N) is 4. The lowest BCUT2D eigenvalue weighted by Gasteiger charge is -2.13. The minimum absolute atomic E-state index is 0.189. The summed E-state index contributed by atoms with van der Waals surface area (Å²) in [5.41, 5.74) is 2.88. The van der Waals surface area contributed by atoms with Gasteiger partial charge in [0.15, 0.2) is 5.65 Å². The van der Waals surface area contributed by atoms with E-state index in [0.29, 0.717) is 29.0 Å². The second kappa shape index (κ2) is 11.1. The second-order valence-electron chi connectivity index (χ2n) is 8.17. The molecule has 0 saturated heterocycles. The quantitative estimate of drug-likeness (QED) is 0.309. The molecule has 1 N–H and O–H groups in total. The minimum Gasteiger partial charge on any atom is -0.457 e. The van der Waals surface area contributed by atoms with Crippen molar-refractivity contribution in [3.8, 4) is 0 Å². The van der Waals surface area contributed by atoms with Gasteiger partial charge in [-0.25, -0.2) is 19.6 Å². The number of anilines is 1. The van der Waals surface area contributed by atoms with Crippen LogP contribution in [-0.4, -0.2) is 25.7 Å². The predicted octanol–water partition coefficient (Wildman–Crippen LogP) is 3.78. The van der Waals surface area contributed by atoms with Gasteiger partial charge in [0.25, 0.3) is 0 Å². The molecule has 5 rings (SSSR count). The van der Waals surface area contributed by atoms with Crippen LogP contribution in [0.15, 0.2) is 102 Å². The first-order valence-electron chi connectivity index (χ1n) is 11.6. The third kappa shape index (κ3) is 5.79. The number of carbonyl (C=O) groups is 1. The normalized spacial score (nSPS) is 10.7. The summed E-state index contributed by atoms with van der Waals surface area (Å²) in [6, 6.07) is 26.0. The zero-order chi connectivity index (χ0) is 25.5. The van der Waals surface area contributed by atoms with Crippen LogP contribution < -0.4 is 15.8 Å². The van der Waals surface area contributed by atoms with Gasteiger partial charge in [0.1, 0.15) is 25.4 Å². The summed E-state index contributed by atoms with van der Waals surface area (Å²) in [4.78, 5) is 43.3. The SMILES string of the molecule is O=C(OCc1ccccc1)c1ccc(CNc2nc(=O)n(OCc3ccccc3)c3ncncc23)cc1. The molecule has 0 fully saturated rings. The van der Waals surface area contributed by atoms with E-state index in [4.69, 9.17) is 9.57 Å². The maximum absolute atomic E-state index is 12.7. The summed E-state index contributed by atoms with van der Waals surface area (Å²) in [6.45, 7) is 0.767. The molecule has 0 atom stereocenters. The van der Waals surface area contributed by atoms with Crippen LogP contribution in [0, 0.1) is 0 Å². The largest absolute Gasteiger partial charge is 0.457 e. The molecule has 2 heterocycles. The summed E-state index contributed by atoms with van der Waals surface area (Å²) in [7, 11) is 0. The second-order valence-corrected chi connectivity index (χ2v) is 8.17. The van der Waals surface area contributed by atoms with Crippen LogP contribution in [0.2, 0.25) is 0 Å². The van der Waals surface area contributed by atoms with E-state index >= 15 is 0 Å². The highest BCUT2D eigenvalue weighted by molar-refractivity contribution is 5.89. The molecule has 0 saturated carbocycles. The maximum Gasteiger partial charge on any atom is 0.384 e. The smallest absolute Gasteiger partial charge is 0.384 e. The molecule has 0 aliphatic heterocycles. The third-order valence-electron chi connectivity index (χ3n) is 5.59. The highest BCUT2D eigenvalue weighted by Gasteiger charge is 2.14. The standard InChI is InChI=1S/C28H23N5O4/c34-27(36-17-21-7-3-1-4-8-21)23-13-11-20(12-14-23)15-30-25-24-16-29-19-31-26(24)33(28(35)32-25)37-18-22-9-5-2-6-10-22/h1-14,16,19H,15,17-18H2,(H,30,32,35). The van der Waals surface area contributed by atoms with Crippen LogP contribution in [0.5, 0.6) is 0 Å². The van der Waals surface area contributed by atoms with E-state index in [1.807, 2.05) is 72.8 Å². The highest BCUT2D eigenvalue weighted by atomic mass is 16.7. The zero-order valence-corrected chi connectivity index (χ0v) is 19.8. The summed E-state index contributed by atoms with van der Waals surface area (Å²) < 4.78 is 6.45. The number of aromatic nitrogens is 4. The van der Waals surface area contributed by atoms with Crippen molar-refractivity contribution in [3.05, 3.63) is 130 Å². The first-order valence-corrected chi connectivity index (χ1v) is 11.6. The number of nitrogens with one attached hydrogen (secondary N) is 1. The van der Waals surface area contributed by atoms with Crippen molar-refractivity contribution >= 4 is 22.8 Å². The van der Waals surface area contributed by atoms with Crippen molar-refractivity contribution in [2.24, 2.45) is 0 Å². The first-order chi connectivity index (χ1) is 18.2. The molecule has 0 amide bonds. The molecule has 37 heavy (non-hydrogen) atoms. The minimum atomic E-state index is -0.596. The van der Waals surface area contributed by atoms with E-state index in [1.54, 1.807) is 18.3 Å². The van der Waals surface area contributed by atoms with Crippen molar-refractivity contribution in [2.45, 2.75) is 19.8 Å². The first kappa shape index (κ1) is 23.7. The topological polar surface area (TPSA) is 108 Å². The molecule has 5 aromatic rings. The van der Waals surface area contributed by atoms with Crippen LogP contribution in [-0.2, 0) is 24.5 Å². The summed E-state index contributed by atoms with van der Waals surface area (Å²) in [5, 5.41) is 3.70. The Morgan fingerprint density at radius 3 is 2.22 bits per heavy atom. The average molecular weight is 494 g/mol. The van der Waals surface area contributed by atoms with E-state index in [0.717, 1.165) is 21.4 Å². The third-order valence-corrected chi connectivity index (χ3v) is 5.59. The van der Waals surface area contributed by atoms with Gasteiger partial charge >= 0.3 is 11.7 Å². The van der Waals surface area contributed by atoms with Crippen LogP contribution in [0.25, 0.3) is 11.0 Å². The zero-order valence-electron chi connectivity index (χ0n) is 19.8. The molecule has 0 spiro atoms. The number of rotatable bonds is 9. The van der Waals surface area contributed by atoms with E-state index in [1.165, 1.54) is 6.33 Å². The summed E-state index contributed by atoms with van der Waals surface area (Å²) in [6.07, 6.45) is 2.93. The molecule has 9 heteroatoms. The predicted molar refractivity (Wildman–Crippen MR) is 138 cm³/mol. The van der Waals surface area contributed by atoms with E-state index in [9.17, 15) is 9.59 Å². The Balaban J connectivity index is 1.26. The fourth-order valence-electron chi connectivity index (χ4n) is 3.66. The molecule has 3 aromatic carbocycles. The molecule has 0 unspecified atom stereocenters. The van der Waals surface area contributed by atoms with Crippen LogP contribution in [0.3, 0.4) is 0 Å². The number of hydrogen-bond donors (Lipinski definition) is 1. The number of ether oxygens (including phenoxy) is 1. The molecule has 0 bridgehead atoms. The molecule has 0 radical (unpaired) electrons. The lowest BCUT2D eigenvalue weighted by molar-refractivity contribution is 0.0472. The Kier molecular flexibility index (Phi) is 7.12. The molecule has 0 aliphatic carbocycles.